The second kappa shape index (κ2) is 9.81. The number of rotatable bonds is 5. The molecule has 2 aromatic carbocycles. The third kappa shape index (κ3) is 4.69. The average molecular weight is 473 g/mol. The molecular formula is C27H29FN6O. The number of morpholine rings is 1. The van der Waals surface area contributed by atoms with Crippen molar-refractivity contribution in [1.82, 2.24) is 30.0 Å². The van der Waals surface area contributed by atoms with Gasteiger partial charge < -0.3 is 10.1 Å². The molecule has 2 aromatic heterocycles. The first-order chi connectivity index (χ1) is 17.2. The van der Waals surface area contributed by atoms with Gasteiger partial charge in [-0.1, -0.05) is 24.3 Å². The fraction of sp³-hybridized carbons (Fsp3) is 0.370. The molecular weight excluding hydrogens is 443 g/mol. The van der Waals surface area contributed by atoms with Crippen molar-refractivity contribution < 1.29 is 9.13 Å². The lowest BCUT2D eigenvalue weighted by Gasteiger charge is -2.26. The lowest BCUT2D eigenvalue weighted by molar-refractivity contribution is 0.0337. The van der Waals surface area contributed by atoms with E-state index >= 15 is 4.39 Å². The average Bonchev–Trinajstić information content (AvgIpc) is 3.41. The molecule has 4 aromatic rings. The Bertz CT molecular complexity index is 1330. The molecule has 0 amide bonds. The first-order valence-corrected chi connectivity index (χ1v) is 12.3. The van der Waals surface area contributed by atoms with Crippen molar-refractivity contribution in [3.8, 4) is 22.4 Å². The van der Waals surface area contributed by atoms with Gasteiger partial charge in [-0.05, 0) is 43.6 Å². The lowest BCUT2D eigenvalue weighted by atomic mass is 10.0. The van der Waals surface area contributed by atoms with Gasteiger partial charge in [0.2, 0.25) is 0 Å². The zero-order chi connectivity index (χ0) is 23.6. The largest absolute Gasteiger partial charge is 0.379 e. The second-order valence-corrected chi connectivity index (χ2v) is 9.31. The molecule has 7 nitrogen and oxygen atoms in total. The van der Waals surface area contributed by atoms with E-state index in [2.05, 4.69) is 31.2 Å². The number of fused-ring (bicyclic) bond motifs is 1. The predicted molar refractivity (Wildman–Crippen MR) is 133 cm³/mol. The molecule has 8 heteroatoms. The van der Waals surface area contributed by atoms with Crippen molar-refractivity contribution in [2.24, 2.45) is 0 Å². The molecule has 2 aliphatic rings. The molecule has 0 spiro atoms. The quantitative estimate of drug-likeness (QED) is 0.473. The van der Waals surface area contributed by atoms with E-state index in [4.69, 9.17) is 9.72 Å². The molecule has 6 rings (SSSR count). The van der Waals surface area contributed by atoms with Crippen LogP contribution in [0.2, 0.25) is 0 Å². The number of hydrogen-bond acceptors (Lipinski definition) is 6. The molecule has 0 atom stereocenters. The van der Waals surface area contributed by atoms with Gasteiger partial charge in [0.15, 0.2) is 0 Å². The van der Waals surface area contributed by atoms with E-state index in [9.17, 15) is 0 Å². The van der Waals surface area contributed by atoms with Crippen molar-refractivity contribution in [3.05, 3.63) is 66.4 Å². The van der Waals surface area contributed by atoms with Crippen LogP contribution in [0, 0.1) is 5.82 Å². The highest BCUT2D eigenvalue weighted by molar-refractivity contribution is 5.92. The maximum Gasteiger partial charge on any atom is 0.128 e. The molecule has 0 aliphatic carbocycles. The highest BCUT2D eigenvalue weighted by Crippen LogP contribution is 2.30. The zero-order valence-corrected chi connectivity index (χ0v) is 19.7. The van der Waals surface area contributed by atoms with Crippen LogP contribution >= 0.6 is 0 Å². The van der Waals surface area contributed by atoms with Gasteiger partial charge in [-0.2, -0.15) is 5.10 Å². The minimum Gasteiger partial charge on any atom is -0.379 e. The van der Waals surface area contributed by atoms with Crippen LogP contribution in [0.3, 0.4) is 0 Å². The highest BCUT2D eigenvalue weighted by Gasteiger charge is 2.18. The SMILES string of the molecule is Fc1cc(-c2cccc3ncc(-c4cnn(C5CCNCC5)c4)nc23)ccc1CN1CCOCC1. The first kappa shape index (κ1) is 22.3. The number of benzene rings is 2. The molecule has 2 aliphatic heterocycles. The minimum absolute atomic E-state index is 0.196. The van der Waals surface area contributed by atoms with Crippen LogP contribution in [0.15, 0.2) is 55.0 Å². The van der Waals surface area contributed by atoms with Gasteiger partial charge in [0.05, 0.1) is 48.4 Å². The fourth-order valence-corrected chi connectivity index (χ4v) is 4.99. The molecule has 2 fully saturated rings. The molecule has 0 unspecified atom stereocenters. The van der Waals surface area contributed by atoms with Crippen molar-refractivity contribution in [3.63, 3.8) is 0 Å². The van der Waals surface area contributed by atoms with Crippen LogP contribution in [0.25, 0.3) is 33.4 Å². The van der Waals surface area contributed by atoms with Crippen LogP contribution in [-0.4, -0.2) is 64.0 Å². The maximum atomic E-state index is 15.1. The van der Waals surface area contributed by atoms with E-state index in [1.54, 1.807) is 12.3 Å². The van der Waals surface area contributed by atoms with Crippen LogP contribution in [0.1, 0.15) is 24.4 Å². The Balaban J connectivity index is 1.30. The summed E-state index contributed by atoms with van der Waals surface area (Å²) >= 11 is 0. The van der Waals surface area contributed by atoms with E-state index in [1.807, 2.05) is 36.5 Å². The molecule has 1 N–H and O–H groups in total. The molecule has 0 bridgehead atoms. The summed E-state index contributed by atoms with van der Waals surface area (Å²) in [5.41, 5.74) is 5.65. The molecule has 0 radical (unpaired) electrons. The van der Waals surface area contributed by atoms with Gasteiger partial charge >= 0.3 is 0 Å². The number of halogens is 1. The lowest BCUT2D eigenvalue weighted by Crippen LogP contribution is -2.35. The van der Waals surface area contributed by atoms with Gasteiger partial charge in [-0.3, -0.25) is 14.6 Å². The standard InChI is InChI=1S/C27H29FN6O/c28-24-14-19(4-5-20(24)17-33-10-12-35-13-11-33)23-2-1-3-25-27(23)32-26(16-30-25)21-15-31-34(18-21)22-6-8-29-9-7-22/h1-5,14-16,18,22,29H,6-13,17H2. The van der Waals surface area contributed by atoms with E-state index in [1.165, 1.54) is 0 Å². The van der Waals surface area contributed by atoms with Gasteiger partial charge in [0, 0.05) is 42.5 Å². The number of para-hydroxylation sites is 1. The summed E-state index contributed by atoms with van der Waals surface area (Å²) in [5, 5.41) is 8.00. The Kier molecular flexibility index (Phi) is 6.24. The van der Waals surface area contributed by atoms with Gasteiger partial charge in [-0.25, -0.2) is 9.37 Å². The van der Waals surface area contributed by atoms with Crippen molar-refractivity contribution in [1.29, 1.82) is 0 Å². The van der Waals surface area contributed by atoms with Gasteiger partial charge in [0.25, 0.3) is 0 Å². The summed E-state index contributed by atoms with van der Waals surface area (Å²) in [6.07, 6.45) is 7.86. The van der Waals surface area contributed by atoms with Crippen LogP contribution in [-0.2, 0) is 11.3 Å². The van der Waals surface area contributed by atoms with E-state index < -0.39 is 0 Å². The van der Waals surface area contributed by atoms with Gasteiger partial charge in [0.1, 0.15) is 5.82 Å². The number of nitrogens with one attached hydrogen (secondary N) is 1. The molecule has 180 valence electrons. The van der Waals surface area contributed by atoms with Crippen molar-refractivity contribution in [2.45, 2.75) is 25.4 Å². The summed E-state index contributed by atoms with van der Waals surface area (Å²) < 4.78 is 22.6. The smallest absolute Gasteiger partial charge is 0.128 e. The third-order valence-corrected chi connectivity index (χ3v) is 7.01. The predicted octanol–water partition coefficient (Wildman–Crippen LogP) is 4.06. The summed E-state index contributed by atoms with van der Waals surface area (Å²) in [7, 11) is 0. The topological polar surface area (TPSA) is 68.1 Å². The van der Waals surface area contributed by atoms with Gasteiger partial charge in [-0.15, -0.1) is 0 Å². The zero-order valence-electron chi connectivity index (χ0n) is 19.7. The number of nitrogens with zero attached hydrogens (tertiary/aromatic N) is 5. The minimum atomic E-state index is -0.196. The van der Waals surface area contributed by atoms with E-state index in [0.717, 1.165) is 72.4 Å². The first-order valence-electron chi connectivity index (χ1n) is 12.3. The summed E-state index contributed by atoms with van der Waals surface area (Å²) in [6.45, 7) is 5.69. The van der Waals surface area contributed by atoms with E-state index in [0.29, 0.717) is 31.4 Å². The maximum absolute atomic E-state index is 15.1. The molecule has 0 saturated carbocycles. The number of hydrogen-bond donors (Lipinski definition) is 1. The summed E-state index contributed by atoms with van der Waals surface area (Å²) in [6, 6.07) is 11.8. The van der Waals surface area contributed by atoms with Crippen molar-refractivity contribution >= 4 is 11.0 Å². The van der Waals surface area contributed by atoms with E-state index in [-0.39, 0.29) is 5.82 Å². The third-order valence-electron chi connectivity index (χ3n) is 7.01. The number of aromatic nitrogens is 4. The molecule has 35 heavy (non-hydrogen) atoms. The molecule has 4 heterocycles. The molecule has 2 saturated heterocycles. The normalized spacial score (nSPS) is 17.7. The van der Waals surface area contributed by atoms with Crippen LogP contribution in [0.5, 0.6) is 0 Å². The van der Waals surface area contributed by atoms with Crippen molar-refractivity contribution in [2.75, 3.05) is 39.4 Å². The Hall–Kier alpha value is -3.20. The van der Waals surface area contributed by atoms with Crippen LogP contribution < -0.4 is 5.32 Å². The Morgan fingerprint density at radius 3 is 2.71 bits per heavy atom. The monoisotopic (exact) mass is 472 g/mol. The second-order valence-electron chi connectivity index (χ2n) is 9.31. The Morgan fingerprint density at radius 2 is 1.89 bits per heavy atom. The highest BCUT2D eigenvalue weighted by atomic mass is 19.1. The fourth-order valence-electron chi connectivity index (χ4n) is 4.99. The Morgan fingerprint density at radius 1 is 1.03 bits per heavy atom. The number of piperidine rings is 1. The summed E-state index contributed by atoms with van der Waals surface area (Å²) in [5.74, 6) is -0.196. The summed E-state index contributed by atoms with van der Waals surface area (Å²) in [4.78, 5) is 11.8. The Labute approximate surface area is 204 Å². The number of ether oxygens (including phenoxy) is 1. The van der Waals surface area contributed by atoms with Crippen LogP contribution in [0.4, 0.5) is 4.39 Å².